The van der Waals surface area contributed by atoms with E-state index < -0.39 is 10.9 Å². The molecule has 0 aliphatic carbocycles. The molecule has 102 valence electrons. The van der Waals surface area contributed by atoms with Gasteiger partial charge in [-0.25, -0.2) is 14.8 Å². The molecule has 0 aliphatic heterocycles. The van der Waals surface area contributed by atoms with Crippen molar-refractivity contribution in [2.45, 2.75) is 6.92 Å². The number of nitro groups is 1. The minimum Gasteiger partial charge on any atom is -0.478 e. The molecule has 20 heavy (non-hydrogen) atoms. The van der Waals surface area contributed by atoms with Crippen LogP contribution in [0.3, 0.4) is 0 Å². The summed E-state index contributed by atoms with van der Waals surface area (Å²) < 4.78 is 0. The lowest BCUT2D eigenvalue weighted by Crippen LogP contribution is -2.09. The van der Waals surface area contributed by atoms with E-state index in [9.17, 15) is 20.0 Å². The maximum absolute atomic E-state index is 11.3. The topological polar surface area (TPSA) is 132 Å². The fourth-order valence-electron chi connectivity index (χ4n) is 1.83. The van der Waals surface area contributed by atoms with Gasteiger partial charge in [0, 0.05) is 17.7 Å². The molecule has 8 nitrogen and oxygen atoms in total. The first-order valence-corrected chi connectivity index (χ1v) is 5.52. The van der Waals surface area contributed by atoms with E-state index in [1.165, 1.54) is 31.2 Å². The van der Waals surface area contributed by atoms with E-state index in [1.54, 1.807) is 0 Å². The second-order valence-corrected chi connectivity index (χ2v) is 4.00. The zero-order valence-electron chi connectivity index (χ0n) is 10.4. The monoisotopic (exact) mass is 274 g/mol. The summed E-state index contributed by atoms with van der Waals surface area (Å²) in [5, 5.41) is 20.0. The zero-order chi connectivity index (χ0) is 14.9. The molecule has 0 aliphatic rings. The van der Waals surface area contributed by atoms with Gasteiger partial charge in [0.1, 0.15) is 5.56 Å². The van der Waals surface area contributed by atoms with Gasteiger partial charge in [-0.15, -0.1) is 0 Å². The highest BCUT2D eigenvalue weighted by molar-refractivity contribution is 5.96. The first kappa shape index (κ1) is 13.4. The van der Waals surface area contributed by atoms with Crippen LogP contribution in [0.2, 0.25) is 0 Å². The first-order valence-electron chi connectivity index (χ1n) is 5.52. The van der Waals surface area contributed by atoms with E-state index in [-0.39, 0.29) is 28.6 Å². The highest BCUT2D eigenvalue weighted by Crippen LogP contribution is 2.27. The van der Waals surface area contributed by atoms with Crippen molar-refractivity contribution in [2.75, 3.05) is 5.73 Å². The van der Waals surface area contributed by atoms with Crippen molar-refractivity contribution in [3.63, 3.8) is 0 Å². The normalized spacial score (nSPS) is 10.2. The van der Waals surface area contributed by atoms with Gasteiger partial charge in [-0.05, 0) is 6.92 Å². The van der Waals surface area contributed by atoms with Crippen molar-refractivity contribution < 1.29 is 14.8 Å². The average Bonchev–Trinajstić information content (AvgIpc) is 2.37. The summed E-state index contributed by atoms with van der Waals surface area (Å²) in [6, 6.07) is 5.53. The standard InChI is InChI=1S/C12H10N4O4/c1-6-9(11(17)18)10(15-12(13)14-6)7-3-2-4-8(5-7)16(19)20/h2-5H,1H3,(H,17,18)(H2,13,14,15). The van der Waals surface area contributed by atoms with Crippen molar-refractivity contribution in [3.05, 3.63) is 45.6 Å². The third-order valence-electron chi connectivity index (χ3n) is 2.65. The number of aromatic carboxylic acids is 1. The van der Waals surface area contributed by atoms with Crippen LogP contribution in [-0.4, -0.2) is 26.0 Å². The van der Waals surface area contributed by atoms with Gasteiger partial charge in [-0.1, -0.05) is 12.1 Å². The molecular weight excluding hydrogens is 264 g/mol. The summed E-state index contributed by atoms with van der Waals surface area (Å²) in [4.78, 5) is 29.2. The van der Waals surface area contributed by atoms with Gasteiger partial charge in [0.2, 0.25) is 5.95 Å². The molecule has 0 saturated carbocycles. The molecule has 1 heterocycles. The predicted octanol–water partition coefficient (Wildman–Crippen LogP) is 1.64. The molecule has 0 saturated heterocycles. The Morgan fingerprint density at radius 2 is 2.10 bits per heavy atom. The third-order valence-corrected chi connectivity index (χ3v) is 2.65. The molecule has 0 amide bonds. The number of rotatable bonds is 3. The van der Waals surface area contributed by atoms with Crippen molar-refractivity contribution in [1.82, 2.24) is 9.97 Å². The van der Waals surface area contributed by atoms with Crippen LogP contribution in [0.4, 0.5) is 11.6 Å². The minimum absolute atomic E-state index is 0.0613. The molecule has 0 bridgehead atoms. The molecular formula is C12H10N4O4. The zero-order valence-corrected chi connectivity index (χ0v) is 10.4. The Balaban J connectivity index is 2.71. The van der Waals surface area contributed by atoms with Gasteiger partial charge in [0.05, 0.1) is 16.3 Å². The number of hydrogen-bond donors (Lipinski definition) is 2. The van der Waals surface area contributed by atoms with Gasteiger partial charge in [-0.3, -0.25) is 10.1 Å². The SMILES string of the molecule is Cc1nc(N)nc(-c2cccc([N+](=O)[O-])c2)c1C(=O)O. The second-order valence-electron chi connectivity index (χ2n) is 4.00. The number of nitrogen functional groups attached to an aromatic ring is 1. The van der Waals surface area contributed by atoms with Gasteiger partial charge in [-0.2, -0.15) is 0 Å². The molecule has 0 unspecified atom stereocenters. The summed E-state index contributed by atoms with van der Waals surface area (Å²) in [7, 11) is 0. The Kier molecular flexibility index (Phi) is 3.30. The molecule has 0 radical (unpaired) electrons. The molecule has 2 aromatic rings. The Morgan fingerprint density at radius 1 is 1.40 bits per heavy atom. The molecule has 0 atom stereocenters. The van der Waals surface area contributed by atoms with E-state index >= 15 is 0 Å². The van der Waals surface area contributed by atoms with Crippen molar-refractivity contribution >= 4 is 17.6 Å². The Hall–Kier alpha value is -3.03. The number of aromatic nitrogens is 2. The number of nitrogens with two attached hydrogens (primary N) is 1. The summed E-state index contributed by atoms with van der Waals surface area (Å²) >= 11 is 0. The largest absolute Gasteiger partial charge is 0.478 e. The van der Waals surface area contributed by atoms with Crippen LogP contribution < -0.4 is 5.73 Å². The number of carbonyl (C=O) groups is 1. The summed E-state index contributed by atoms with van der Waals surface area (Å²) in [6.07, 6.45) is 0. The summed E-state index contributed by atoms with van der Waals surface area (Å²) in [6.45, 7) is 1.49. The van der Waals surface area contributed by atoms with Crippen LogP contribution in [0, 0.1) is 17.0 Å². The van der Waals surface area contributed by atoms with Crippen molar-refractivity contribution in [2.24, 2.45) is 0 Å². The number of hydrogen-bond acceptors (Lipinski definition) is 6. The molecule has 0 fully saturated rings. The molecule has 3 N–H and O–H groups in total. The van der Waals surface area contributed by atoms with Gasteiger partial charge in [0.25, 0.3) is 5.69 Å². The van der Waals surface area contributed by atoms with Crippen molar-refractivity contribution in [1.29, 1.82) is 0 Å². The number of aryl methyl sites for hydroxylation is 1. The van der Waals surface area contributed by atoms with Crippen LogP contribution in [0.15, 0.2) is 24.3 Å². The van der Waals surface area contributed by atoms with Crippen molar-refractivity contribution in [3.8, 4) is 11.3 Å². The number of carboxylic acid groups (broad SMARTS) is 1. The summed E-state index contributed by atoms with van der Waals surface area (Å²) in [5.41, 5.74) is 5.79. The highest BCUT2D eigenvalue weighted by Gasteiger charge is 2.20. The maximum Gasteiger partial charge on any atom is 0.339 e. The number of non-ortho nitro benzene ring substituents is 1. The third kappa shape index (κ3) is 2.39. The Morgan fingerprint density at radius 3 is 2.70 bits per heavy atom. The fourth-order valence-corrected chi connectivity index (χ4v) is 1.83. The molecule has 0 spiro atoms. The van der Waals surface area contributed by atoms with Crippen LogP contribution in [0.25, 0.3) is 11.3 Å². The van der Waals surface area contributed by atoms with Crippen LogP contribution in [0.5, 0.6) is 0 Å². The summed E-state index contributed by atoms with van der Waals surface area (Å²) in [5.74, 6) is -1.31. The van der Waals surface area contributed by atoms with Gasteiger partial charge < -0.3 is 10.8 Å². The molecule has 8 heteroatoms. The lowest BCUT2D eigenvalue weighted by molar-refractivity contribution is -0.384. The molecule has 2 rings (SSSR count). The molecule has 1 aromatic carbocycles. The quantitative estimate of drug-likeness (QED) is 0.642. The van der Waals surface area contributed by atoms with Crippen LogP contribution in [0.1, 0.15) is 16.1 Å². The van der Waals surface area contributed by atoms with Gasteiger partial charge in [0.15, 0.2) is 0 Å². The van der Waals surface area contributed by atoms with E-state index in [0.717, 1.165) is 0 Å². The number of carboxylic acids is 1. The average molecular weight is 274 g/mol. The van der Waals surface area contributed by atoms with Gasteiger partial charge >= 0.3 is 5.97 Å². The predicted molar refractivity (Wildman–Crippen MR) is 70.2 cm³/mol. The number of anilines is 1. The number of benzene rings is 1. The van der Waals surface area contributed by atoms with E-state index in [0.29, 0.717) is 5.56 Å². The highest BCUT2D eigenvalue weighted by atomic mass is 16.6. The van der Waals surface area contributed by atoms with E-state index in [4.69, 9.17) is 5.73 Å². The minimum atomic E-state index is -1.22. The van der Waals surface area contributed by atoms with E-state index in [1.807, 2.05) is 0 Å². The Bertz CT molecular complexity index is 715. The smallest absolute Gasteiger partial charge is 0.339 e. The fraction of sp³-hybridized carbons (Fsp3) is 0.0833. The lowest BCUT2D eigenvalue weighted by Gasteiger charge is -2.08. The Labute approximate surface area is 113 Å². The second kappa shape index (κ2) is 4.92. The van der Waals surface area contributed by atoms with E-state index in [2.05, 4.69) is 9.97 Å². The lowest BCUT2D eigenvalue weighted by atomic mass is 10.0. The number of nitro benzene ring substituents is 1. The molecule has 1 aromatic heterocycles. The van der Waals surface area contributed by atoms with Crippen LogP contribution in [-0.2, 0) is 0 Å². The number of nitrogens with zero attached hydrogens (tertiary/aromatic N) is 3. The first-order chi connectivity index (χ1) is 9.40. The van der Waals surface area contributed by atoms with Crippen LogP contribution >= 0.6 is 0 Å². The maximum atomic E-state index is 11.3.